The molecular weight excluding hydrogens is 199 g/mol. The van der Waals surface area contributed by atoms with Crippen LogP contribution in [0.5, 0.6) is 5.75 Å². The Balaban J connectivity index is 3.25. The van der Waals surface area contributed by atoms with Crippen LogP contribution in [0.1, 0.15) is 0 Å². The molecule has 0 bridgehead atoms. The fourth-order valence-electron chi connectivity index (χ4n) is 0.865. The zero-order valence-corrected chi connectivity index (χ0v) is 8.30. The number of ether oxygens (including phenoxy) is 1. The van der Waals surface area contributed by atoms with Crippen molar-refractivity contribution in [2.45, 2.75) is 4.90 Å². The molecule has 0 aliphatic carbocycles. The molecule has 0 aliphatic rings. The number of rotatable bonds is 2. The van der Waals surface area contributed by atoms with Gasteiger partial charge in [0.2, 0.25) is 0 Å². The highest BCUT2D eigenvalue weighted by molar-refractivity contribution is 7.98. The van der Waals surface area contributed by atoms with Gasteiger partial charge in [0.15, 0.2) is 0 Å². The molecule has 1 aromatic carbocycles. The van der Waals surface area contributed by atoms with Gasteiger partial charge in [-0.05, 0) is 18.4 Å². The smallest absolute Gasteiger partial charge is 0.143 e. The molecule has 1 aromatic rings. The average molecular weight is 207 g/mol. The zero-order chi connectivity index (χ0) is 9.14. The number of hydrogen-bond donors (Lipinski definition) is 0. The fourth-order valence-corrected chi connectivity index (χ4v) is 1.88. The van der Waals surface area contributed by atoms with E-state index >= 15 is 0 Å². The zero-order valence-electron chi connectivity index (χ0n) is 6.73. The van der Waals surface area contributed by atoms with Crippen molar-refractivity contribution in [3.8, 4) is 5.75 Å². The number of thioether (sulfide) groups is 1. The molecule has 0 aliphatic heterocycles. The predicted octanol–water partition coefficient (Wildman–Crippen LogP) is 3.21. The van der Waals surface area contributed by atoms with E-state index in [0.717, 1.165) is 0 Å². The van der Waals surface area contributed by atoms with Crippen LogP contribution in [-0.2, 0) is 0 Å². The summed E-state index contributed by atoms with van der Waals surface area (Å²) >= 11 is 7.07. The summed E-state index contributed by atoms with van der Waals surface area (Å²) in [5, 5.41) is 0.127. The van der Waals surface area contributed by atoms with Gasteiger partial charge in [0.25, 0.3) is 0 Å². The van der Waals surface area contributed by atoms with Crippen LogP contribution >= 0.6 is 23.4 Å². The summed E-state index contributed by atoms with van der Waals surface area (Å²) in [6, 6.07) is 2.86. The first-order valence-electron chi connectivity index (χ1n) is 3.26. The molecular formula is C8H8ClFOS. The molecule has 0 unspecified atom stereocenters. The van der Waals surface area contributed by atoms with Crippen LogP contribution in [0, 0.1) is 5.82 Å². The third-order valence-corrected chi connectivity index (χ3v) is 2.73. The lowest BCUT2D eigenvalue weighted by atomic mass is 10.3. The van der Waals surface area contributed by atoms with Gasteiger partial charge < -0.3 is 4.74 Å². The van der Waals surface area contributed by atoms with Gasteiger partial charge in [-0.15, -0.1) is 11.8 Å². The van der Waals surface area contributed by atoms with Crippen LogP contribution in [0.2, 0.25) is 5.02 Å². The van der Waals surface area contributed by atoms with Crippen molar-refractivity contribution < 1.29 is 9.13 Å². The molecule has 0 aromatic heterocycles. The average Bonchev–Trinajstić information content (AvgIpc) is 2.09. The number of hydrogen-bond acceptors (Lipinski definition) is 2. The van der Waals surface area contributed by atoms with Crippen LogP contribution in [0.15, 0.2) is 17.0 Å². The van der Waals surface area contributed by atoms with E-state index in [9.17, 15) is 4.39 Å². The van der Waals surface area contributed by atoms with Crippen molar-refractivity contribution in [1.82, 2.24) is 0 Å². The lowest BCUT2D eigenvalue weighted by molar-refractivity contribution is 0.403. The number of methoxy groups -OCH3 is 1. The van der Waals surface area contributed by atoms with Gasteiger partial charge >= 0.3 is 0 Å². The molecule has 0 amide bonds. The summed E-state index contributed by atoms with van der Waals surface area (Å²) in [7, 11) is 1.53. The maximum Gasteiger partial charge on any atom is 0.143 e. The fraction of sp³-hybridized carbons (Fsp3) is 0.250. The first-order chi connectivity index (χ1) is 5.70. The van der Waals surface area contributed by atoms with E-state index in [2.05, 4.69) is 0 Å². The summed E-state index contributed by atoms with van der Waals surface area (Å²) < 4.78 is 17.9. The Labute approximate surface area is 79.9 Å². The van der Waals surface area contributed by atoms with Gasteiger partial charge in [0.1, 0.15) is 11.6 Å². The Kier molecular flexibility index (Phi) is 3.23. The van der Waals surface area contributed by atoms with Gasteiger partial charge in [-0.25, -0.2) is 4.39 Å². The molecule has 0 heterocycles. The van der Waals surface area contributed by atoms with Crippen molar-refractivity contribution in [2.75, 3.05) is 13.4 Å². The SMILES string of the molecule is COc1ccc(F)c(Cl)c1SC. The minimum absolute atomic E-state index is 0.127. The van der Waals surface area contributed by atoms with Crippen LogP contribution in [0.25, 0.3) is 0 Å². The quantitative estimate of drug-likeness (QED) is 0.688. The van der Waals surface area contributed by atoms with Crippen LogP contribution in [0.4, 0.5) is 4.39 Å². The second-order valence-electron chi connectivity index (χ2n) is 2.10. The first-order valence-corrected chi connectivity index (χ1v) is 4.87. The molecule has 0 atom stereocenters. The summed E-state index contributed by atoms with van der Waals surface area (Å²) in [6.45, 7) is 0. The van der Waals surface area contributed by atoms with Gasteiger partial charge in [-0.3, -0.25) is 0 Å². The Morgan fingerprint density at radius 1 is 1.50 bits per heavy atom. The second kappa shape index (κ2) is 4.01. The van der Waals surface area contributed by atoms with Crippen molar-refractivity contribution >= 4 is 23.4 Å². The number of benzene rings is 1. The maximum absolute atomic E-state index is 12.9. The standard InChI is InChI=1S/C8H8ClFOS/c1-11-6-4-3-5(10)7(9)8(6)12-2/h3-4H,1-2H3. The molecule has 0 spiro atoms. The Bertz CT molecular complexity index is 291. The van der Waals surface area contributed by atoms with Crippen molar-refractivity contribution in [2.24, 2.45) is 0 Å². The second-order valence-corrected chi connectivity index (χ2v) is 3.29. The van der Waals surface area contributed by atoms with E-state index < -0.39 is 5.82 Å². The maximum atomic E-state index is 12.9. The van der Waals surface area contributed by atoms with Crippen molar-refractivity contribution in [3.63, 3.8) is 0 Å². The van der Waals surface area contributed by atoms with Crippen LogP contribution in [-0.4, -0.2) is 13.4 Å². The van der Waals surface area contributed by atoms with Crippen LogP contribution < -0.4 is 4.74 Å². The van der Waals surface area contributed by atoms with E-state index in [1.54, 1.807) is 6.07 Å². The minimum atomic E-state index is -0.415. The molecule has 0 saturated heterocycles. The largest absolute Gasteiger partial charge is 0.496 e. The molecule has 66 valence electrons. The number of halogens is 2. The predicted molar refractivity (Wildman–Crippen MR) is 49.7 cm³/mol. The van der Waals surface area contributed by atoms with Gasteiger partial charge in [-0.2, -0.15) is 0 Å². The minimum Gasteiger partial charge on any atom is -0.496 e. The van der Waals surface area contributed by atoms with Crippen molar-refractivity contribution in [1.29, 1.82) is 0 Å². The first kappa shape index (κ1) is 9.68. The van der Waals surface area contributed by atoms with Gasteiger partial charge in [-0.1, -0.05) is 11.6 Å². The van der Waals surface area contributed by atoms with E-state index in [-0.39, 0.29) is 5.02 Å². The Morgan fingerprint density at radius 3 is 2.67 bits per heavy atom. The van der Waals surface area contributed by atoms with Gasteiger partial charge in [0.05, 0.1) is 17.0 Å². The highest BCUT2D eigenvalue weighted by Gasteiger charge is 2.10. The topological polar surface area (TPSA) is 9.23 Å². The summed E-state index contributed by atoms with van der Waals surface area (Å²) in [5.74, 6) is 0.190. The summed E-state index contributed by atoms with van der Waals surface area (Å²) in [5.41, 5.74) is 0. The van der Waals surface area contributed by atoms with Gasteiger partial charge in [0, 0.05) is 0 Å². The highest BCUT2D eigenvalue weighted by atomic mass is 35.5. The molecule has 1 nitrogen and oxygen atoms in total. The Morgan fingerprint density at radius 2 is 2.17 bits per heavy atom. The molecule has 1 rings (SSSR count). The molecule has 0 radical (unpaired) electrons. The molecule has 0 N–H and O–H groups in total. The third kappa shape index (κ3) is 1.67. The lowest BCUT2D eigenvalue weighted by Gasteiger charge is -2.07. The molecule has 0 saturated carbocycles. The van der Waals surface area contributed by atoms with Crippen LogP contribution in [0.3, 0.4) is 0 Å². The summed E-state index contributed by atoms with van der Waals surface area (Å²) in [4.78, 5) is 0.638. The highest BCUT2D eigenvalue weighted by Crippen LogP contribution is 2.35. The summed E-state index contributed by atoms with van der Waals surface area (Å²) in [6.07, 6.45) is 1.82. The van der Waals surface area contributed by atoms with Crippen molar-refractivity contribution in [3.05, 3.63) is 23.0 Å². The third-order valence-electron chi connectivity index (χ3n) is 1.44. The van der Waals surface area contributed by atoms with E-state index in [1.165, 1.54) is 24.9 Å². The normalized spacial score (nSPS) is 10.0. The molecule has 0 fully saturated rings. The lowest BCUT2D eigenvalue weighted by Crippen LogP contribution is -1.88. The van der Waals surface area contributed by atoms with E-state index in [0.29, 0.717) is 10.6 Å². The molecule has 4 heteroatoms. The van der Waals surface area contributed by atoms with E-state index in [1.807, 2.05) is 6.26 Å². The molecule has 12 heavy (non-hydrogen) atoms. The van der Waals surface area contributed by atoms with E-state index in [4.69, 9.17) is 16.3 Å². The Hall–Kier alpha value is -0.410. The monoisotopic (exact) mass is 206 g/mol.